The molecular weight excluding hydrogens is 392 g/mol. The molecule has 0 bridgehead atoms. The van der Waals surface area contributed by atoms with E-state index in [1.54, 1.807) is 0 Å². The van der Waals surface area contributed by atoms with Crippen molar-refractivity contribution >= 4 is 5.69 Å². The first-order chi connectivity index (χ1) is 15.8. The fourth-order valence-corrected chi connectivity index (χ4v) is 4.59. The number of H-pyrrole nitrogens is 1. The van der Waals surface area contributed by atoms with E-state index in [0.29, 0.717) is 0 Å². The van der Waals surface area contributed by atoms with Gasteiger partial charge in [0, 0.05) is 61.7 Å². The Morgan fingerprint density at radius 2 is 1.56 bits per heavy atom. The molecule has 1 N–H and O–H groups in total. The van der Waals surface area contributed by atoms with Gasteiger partial charge in [0.1, 0.15) is 0 Å². The molecule has 4 heteroatoms. The molecule has 0 aliphatic carbocycles. The van der Waals surface area contributed by atoms with E-state index in [0.717, 1.165) is 44.8 Å². The minimum Gasteiger partial charge on any atom is -0.367 e. The topological polar surface area (TPSA) is 35.2 Å². The number of hydrogen-bond donors (Lipinski definition) is 1. The molecule has 32 heavy (non-hydrogen) atoms. The van der Waals surface area contributed by atoms with Crippen LogP contribution in [0.5, 0.6) is 0 Å². The number of fused-ring (bicyclic) bond motifs is 1. The Morgan fingerprint density at radius 1 is 0.875 bits per heavy atom. The van der Waals surface area contributed by atoms with Crippen LogP contribution >= 0.6 is 0 Å². The van der Waals surface area contributed by atoms with E-state index in [1.165, 1.54) is 33.6 Å². The van der Waals surface area contributed by atoms with Crippen molar-refractivity contribution in [1.82, 2.24) is 15.1 Å². The summed E-state index contributed by atoms with van der Waals surface area (Å²) in [6, 6.07) is 30.3. The van der Waals surface area contributed by atoms with Crippen LogP contribution < -0.4 is 4.90 Å². The zero-order valence-electron chi connectivity index (χ0n) is 18.7. The van der Waals surface area contributed by atoms with Gasteiger partial charge in [-0.15, -0.1) is 0 Å². The lowest BCUT2D eigenvalue weighted by Gasteiger charge is -2.27. The van der Waals surface area contributed by atoms with E-state index in [1.807, 2.05) is 0 Å². The van der Waals surface area contributed by atoms with Crippen LogP contribution in [-0.2, 0) is 26.1 Å². The Balaban J connectivity index is 1.32. The predicted octanol–water partition coefficient (Wildman–Crippen LogP) is 5.66. The third-order valence-corrected chi connectivity index (χ3v) is 6.37. The molecule has 4 nitrogen and oxygen atoms in total. The first kappa shape index (κ1) is 20.5. The molecule has 1 aliphatic heterocycles. The van der Waals surface area contributed by atoms with Crippen molar-refractivity contribution in [2.24, 2.45) is 0 Å². The maximum absolute atomic E-state index is 4.71. The quantitative estimate of drug-likeness (QED) is 0.417. The summed E-state index contributed by atoms with van der Waals surface area (Å²) in [4.78, 5) is 4.92. The fraction of sp³-hybridized carbons (Fsp3) is 0.250. The van der Waals surface area contributed by atoms with Gasteiger partial charge in [-0.2, -0.15) is 5.10 Å². The van der Waals surface area contributed by atoms with Gasteiger partial charge in [-0.1, -0.05) is 72.8 Å². The van der Waals surface area contributed by atoms with Crippen LogP contribution in [0.3, 0.4) is 0 Å². The van der Waals surface area contributed by atoms with Gasteiger partial charge in [-0.3, -0.25) is 10.00 Å². The zero-order chi connectivity index (χ0) is 21.8. The highest BCUT2D eigenvalue weighted by atomic mass is 15.2. The lowest BCUT2D eigenvalue weighted by Crippen LogP contribution is -2.29. The Labute approximate surface area is 190 Å². The monoisotopic (exact) mass is 422 g/mol. The highest BCUT2D eigenvalue weighted by Crippen LogP contribution is 2.30. The number of hydrogen-bond acceptors (Lipinski definition) is 3. The second-order valence-electron chi connectivity index (χ2n) is 8.52. The average Bonchev–Trinajstić information content (AvgIpc) is 3.27. The van der Waals surface area contributed by atoms with Crippen LogP contribution in [0.2, 0.25) is 0 Å². The van der Waals surface area contributed by atoms with Gasteiger partial charge < -0.3 is 4.90 Å². The van der Waals surface area contributed by atoms with Gasteiger partial charge in [-0.05, 0) is 30.2 Å². The molecule has 3 aromatic carbocycles. The van der Waals surface area contributed by atoms with Crippen LogP contribution in [0.1, 0.15) is 29.3 Å². The summed E-state index contributed by atoms with van der Waals surface area (Å²) in [5.74, 6) is 0. The molecule has 0 saturated heterocycles. The molecule has 0 spiro atoms. The highest BCUT2D eigenvalue weighted by molar-refractivity contribution is 5.67. The minimum atomic E-state index is 0.920. The molecule has 0 unspecified atom stereocenters. The molecule has 162 valence electrons. The molecule has 0 saturated carbocycles. The summed E-state index contributed by atoms with van der Waals surface area (Å²) in [5.41, 5.74) is 8.85. The molecular formula is C28H30N4. The summed E-state index contributed by atoms with van der Waals surface area (Å²) < 4.78 is 0. The molecule has 0 atom stereocenters. The van der Waals surface area contributed by atoms with E-state index in [-0.39, 0.29) is 0 Å². The maximum Gasteiger partial charge on any atom is 0.0968 e. The molecule has 5 rings (SSSR count). The fourth-order valence-electron chi connectivity index (χ4n) is 4.59. The number of rotatable bonds is 7. The van der Waals surface area contributed by atoms with Gasteiger partial charge >= 0.3 is 0 Å². The third kappa shape index (κ3) is 4.46. The molecule has 1 aromatic heterocycles. The van der Waals surface area contributed by atoms with Crippen molar-refractivity contribution in [1.29, 1.82) is 0 Å². The summed E-state index contributed by atoms with van der Waals surface area (Å²) in [7, 11) is 0. The van der Waals surface area contributed by atoms with E-state index in [2.05, 4.69) is 107 Å². The summed E-state index contributed by atoms with van der Waals surface area (Å²) in [5, 5.41) is 8.01. The lowest BCUT2D eigenvalue weighted by molar-refractivity contribution is 0.245. The van der Waals surface area contributed by atoms with Gasteiger partial charge in [0.15, 0.2) is 0 Å². The number of anilines is 1. The summed E-state index contributed by atoms with van der Waals surface area (Å²) in [6.07, 6.45) is 1.02. The average molecular weight is 423 g/mol. The normalized spacial score (nSPS) is 13.7. The molecule has 0 radical (unpaired) electrons. The van der Waals surface area contributed by atoms with Gasteiger partial charge in [0.2, 0.25) is 0 Å². The largest absolute Gasteiger partial charge is 0.367 e. The maximum atomic E-state index is 4.71. The zero-order valence-corrected chi connectivity index (χ0v) is 18.7. The van der Waals surface area contributed by atoms with Gasteiger partial charge in [0.25, 0.3) is 0 Å². The van der Waals surface area contributed by atoms with Crippen molar-refractivity contribution < 1.29 is 0 Å². The van der Waals surface area contributed by atoms with Gasteiger partial charge in [-0.25, -0.2) is 0 Å². The Hall–Kier alpha value is -3.37. The molecule has 0 fully saturated rings. The van der Waals surface area contributed by atoms with E-state index >= 15 is 0 Å². The number of aromatic amines is 1. The van der Waals surface area contributed by atoms with Crippen LogP contribution in [0, 0.1) is 0 Å². The van der Waals surface area contributed by atoms with Crippen LogP contribution in [0.15, 0.2) is 84.9 Å². The first-order valence-electron chi connectivity index (χ1n) is 11.5. The number of nitrogens with one attached hydrogen (secondary N) is 1. The van der Waals surface area contributed by atoms with E-state index in [9.17, 15) is 0 Å². The summed E-state index contributed by atoms with van der Waals surface area (Å²) >= 11 is 0. The molecule has 4 aromatic rings. The second-order valence-corrected chi connectivity index (χ2v) is 8.52. The van der Waals surface area contributed by atoms with Crippen molar-refractivity contribution in [2.45, 2.75) is 33.0 Å². The van der Waals surface area contributed by atoms with Crippen LogP contribution in [-0.4, -0.2) is 28.2 Å². The van der Waals surface area contributed by atoms with Crippen molar-refractivity contribution in [2.75, 3.05) is 18.0 Å². The van der Waals surface area contributed by atoms with Crippen molar-refractivity contribution in [3.63, 3.8) is 0 Å². The van der Waals surface area contributed by atoms with Gasteiger partial charge in [0.05, 0.1) is 5.69 Å². The predicted molar refractivity (Wildman–Crippen MR) is 131 cm³/mol. The van der Waals surface area contributed by atoms with Crippen molar-refractivity contribution in [3.05, 3.63) is 107 Å². The number of nitrogens with zero attached hydrogens (tertiary/aromatic N) is 3. The highest BCUT2D eigenvalue weighted by Gasteiger charge is 2.23. The first-order valence-corrected chi connectivity index (χ1v) is 11.5. The second kappa shape index (κ2) is 9.41. The SMILES string of the molecule is CCN(Cc1ccccc1)c1ccc(-c2n[nH]c3c2CN(Cc2ccccc2)CC3)cc1. The molecule has 0 amide bonds. The van der Waals surface area contributed by atoms with Crippen molar-refractivity contribution in [3.8, 4) is 11.3 Å². The Bertz CT molecular complexity index is 1130. The molecule has 1 aliphatic rings. The van der Waals surface area contributed by atoms with Crippen LogP contribution in [0.4, 0.5) is 5.69 Å². The Kier molecular flexibility index (Phi) is 6.04. The van der Waals surface area contributed by atoms with Crippen LogP contribution in [0.25, 0.3) is 11.3 Å². The standard InChI is InChI=1S/C28H30N4/c1-2-32(20-23-11-7-4-8-12-23)25-15-13-24(14-16-25)28-26-21-31(18-17-27(26)29-30-28)19-22-9-5-3-6-10-22/h3-16H,2,17-21H2,1H3,(H,29,30). The van der Waals surface area contributed by atoms with E-state index < -0.39 is 0 Å². The lowest BCUT2D eigenvalue weighted by atomic mass is 10.00. The summed E-state index contributed by atoms with van der Waals surface area (Å²) in [6.45, 7) is 7.08. The number of benzene rings is 3. The molecule has 2 heterocycles. The minimum absolute atomic E-state index is 0.920. The van der Waals surface area contributed by atoms with E-state index in [4.69, 9.17) is 5.10 Å². The smallest absolute Gasteiger partial charge is 0.0968 e. The Morgan fingerprint density at radius 3 is 2.25 bits per heavy atom. The number of aromatic nitrogens is 2. The third-order valence-electron chi connectivity index (χ3n) is 6.37.